The molecule has 3 aromatic rings. The number of halogens is 4. The van der Waals surface area contributed by atoms with E-state index in [2.05, 4.69) is 10.2 Å². The molecule has 0 fully saturated rings. The molecule has 9 heteroatoms. The summed E-state index contributed by atoms with van der Waals surface area (Å²) in [5.41, 5.74) is -2.85. The topological polar surface area (TPSA) is 62.5 Å². The number of hydrogen-bond acceptors (Lipinski definition) is 3. The van der Waals surface area contributed by atoms with E-state index in [0.717, 1.165) is 16.8 Å². The van der Waals surface area contributed by atoms with E-state index in [1.54, 1.807) is 18.2 Å². The lowest BCUT2D eigenvalue weighted by atomic mass is 10.3. The van der Waals surface area contributed by atoms with Gasteiger partial charge in [-0.25, -0.2) is 9.07 Å². The summed E-state index contributed by atoms with van der Waals surface area (Å²) in [6.45, 7) is 0. The zero-order chi connectivity index (χ0) is 18.0. The van der Waals surface area contributed by atoms with Crippen LogP contribution in [-0.4, -0.2) is 9.78 Å². The van der Waals surface area contributed by atoms with Gasteiger partial charge in [-0.3, -0.25) is 9.89 Å². The Labute approximate surface area is 138 Å². The highest BCUT2D eigenvalue weighted by molar-refractivity contribution is 5.46. The molecule has 0 saturated carbocycles. The van der Waals surface area contributed by atoms with E-state index in [9.17, 15) is 22.4 Å². The average molecular weight is 350 g/mol. The normalized spacial score (nSPS) is 12.0. The highest BCUT2D eigenvalue weighted by atomic mass is 19.4. The van der Waals surface area contributed by atoms with Gasteiger partial charge in [-0.05, 0) is 36.4 Å². The van der Waals surface area contributed by atoms with Gasteiger partial charge in [0, 0.05) is 0 Å². The van der Waals surface area contributed by atoms with Crippen LogP contribution in [0.1, 0.15) is 5.69 Å². The highest BCUT2D eigenvalue weighted by Gasteiger charge is 2.38. The number of aromatic nitrogens is 2. The fraction of sp³-hybridized carbons (Fsp3) is 0.0625. The third kappa shape index (κ3) is 3.49. The molecule has 0 bridgehead atoms. The first kappa shape index (κ1) is 16.6. The first-order valence-electron chi connectivity index (χ1n) is 7.01. The molecule has 0 unspecified atom stereocenters. The molecule has 0 saturated heterocycles. The third-order valence-electron chi connectivity index (χ3n) is 3.26. The number of benzene rings is 2. The molecule has 1 heterocycles. The lowest BCUT2D eigenvalue weighted by molar-refractivity contribution is -0.140. The minimum absolute atomic E-state index is 0.112. The van der Waals surface area contributed by atoms with Gasteiger partial charge in [0.2, 0.25) is 0 Å². The molecular weight excluding hydrogens is 340 g/mol. The number of nitrogens with zero attached hydrogens (tertiary/aromatic N) is 3. The summed E-state index contributed by atoms with van der Waals surface area (Å²) in [6, 6.07) is 12.4. The molecule has 1 N–H and O–H groups in total. The second-order valence-electron chi connectivity index (χ2n) is 4.99. The molecule has 0 atom stereocenters. The first-order chi connectivity index (χ1) is 11.9. The van der Waals surface area contributed by atoms with Crippen molar-refractivity contribution in [3.8, 4) is 5.69 Å². The Morgan fingerprint density at radius 1 is 0.920 bits per heavy atom. The quantitative estimate of drug-likeness (QED) is 0.538. The standard InChI is InChI=1S/C16H10F4N4O/c17-10-6-8-11(9-7-10)21-22-13-14(16(18,19)20)23-24(15(13)25)12-4-2-1-3-5-12/h1-9,23H. The fourth-order valence-electron chi connectivity index (χ4n) is 2.09. The molecule has 128 valence electrons. The van der Waals surface area contributed by atoms with Crippen LogP contribution < -0.4 is 5.56 Å². The molecule has 0 aliphatic rings. The second kappa shape index (κ2) is 6.34. The number of H-pyrrole nitrogens is 1. The Hall–Kier alpha value is -3.23. The predicted molar refractivity (Wildman–Crippen MR) is 82.0 cm³/mol. The van der Waals surface area contributed by atoms with Crippen LogP contribution in [0.3, 0.4) is 0 Å². The van der Waals surface area contributed by atoms with Gasteiger partial charge < -0.3 is 0 Å². The number of azo groups is 1. The number of rotatable bonds is 3. The van der Waals surface area contributed by atoms with Crippen LogP contribution in [0, 0.1) is 5.82 Å². The lowest BCUT2D eigenvalue weighted by Gasteiger charge is -2.04. The van der Waals surface area contributed by atoms with Crippen molar-refractivity contribution in [2.75, 3.05) is 0 Å². The highest BCUT2D eigenvalue weighted by Crippen LogP contribution is 2.34. The Balaban J connectivity index is 2.10. The monoisotopic (exact) mass is 350 g/mol. The molecule has 1 aromatic heterocycles. The molecule has 3 rings (SSSR count). The van der Waals surface area contributed by atoms with Gasteiger partial charge in [0.15, 0.2) is 11.4 Å². The van der Waals surface area contributed by atoms with E-state index in [1.807, 2.05) is 5.10 Å². The zero-order valence-electron chi connectivity index (χ0n) is 12.5. The van der Waals surface area contributed by atoms with E-state index >= 15 is 0 Å². The number of alkyl halides is 3. The maximum Gasteiger partial charge on any atom is 0.435 e. The Bertz CT molecular complexity index is 957. The van der Waals surface area contributed by atoms with Gasteiger partial charge in [-0.2, -0.15) is 18.3 Å². The first-order valence-corrected chi connectivity index (χ1v) is 7.01. The summed E-state index contributed by atoms with van der Waals surface area (Å²) in [4.78, 5) is 12.3. The summed E-state index contributed by atoms with van der Waals surface area (Å²) in [5.74, 6) is -0.525. The molecule has 0 aliphatic heterocycles. The molecule has 0 aliphatic carbocycles. The minimum Gasteiger partial charge on any atom is -0.284 e. The van der Waals surface area contributed by atoms with Gasteiger partial charge in [-0.15, -0.1) is 5.11 Å². The van der Waals surface area contributed by atoms with Crippen LogP contribution in [0.25, 0.3) is 5.69 Å². The van der Waals surface area contributed by atoms with Crippen molar-refractivity contribution in [3.63, 3.8) is 0 Å². The smallest absolute Gasteiger partial charge is 0.284 e. The van der Waals surface area contributed by atoms with Gasteiger partial charge in [0.1, 0.15) is 5.82 Å². The van der Waals surface area contributed by atoms with E-state index < -0.39 is 28.9 Å². The minimum atomic E-state index is -4.82. The summed E-state index contributed by atoms with van der Waals surface area (Å²) in [5, 5.41) is 9.04. The number of aromatic amines is 1. The van der Waals surface area contributed by atoms with Crippen molar-refractivity contribution in [2.45, 2.75) is 6.18 Å². The molecule has 5 nitrogen and oxygen atoms in total. The fourth-order valence-corrected chi connectivity index (χ4v) is 2.09. The van der Waals surface area contributed by atoms with Crippen LogP contribution in [0.4, 0.5) is 28.9 Å². The van der Waals surface area contributed by atoms with Crippen molar-refractivity contribution in [1.29, 1.82) is 0 Å². The Kier molecular flexibility index (Phi) is 4.22. The molecule has 0 radical (unpaired) electrons. The van der Waals surface area contributed by atoms with E-state index in [0.29, 0.717) is 0 Å². The van der Waals surface area contributed by atoms with Crippen molar-refractivity contribution < 1.29 is 17.6 Å². The number of nitrogens with one attached hydrogen (secondary N) is 1. The molecule has 0 amide bonds. The molecule has 0 spiro atoms. The van der Waals surface area contributed by atoms with Crippen LogP contribution >= 0.6 is 0 Å². The van der Waals surface area contributed by atoms with Crippen molar-refractivity contribution >= 4 is 11.4 Å². The van der Waals surface area contributed by atoms with Crippen molar-refractivity contribution in [2.24, 2.45) is 10.2 Å². The largest absolute Gasteiger partial charge is 0.435 e. The average Bonchev–Trinajstić information content (AvgIpc) is 2.92. The van der Waals surface area contributed by atoms with E-state index in [1.165, 1.54) is 24.3 Å². The maximum atomic E-state index is 13.2. The molecular formula is C16H10F4N4O. The summed E-state index contributed by atoms with van der Waals surface area (Å²) in [6.07, 6.45) is -4.82. The van der Waals surface area contributed by atoms with Crippen molar-refractivity contribution in [1.82, 2.24) is 9.78 Å². The third-order valence-corrected chi connectivity index (χ3v) is 3.26. The number of para-hydroxylation sites is 1. The second-order valence-corrected chi connectivity index (χ2v) is 4.99. The van der Waals surface area contributed by atoms with Crippen LogP contribution in [-0.2, 0) is 6.18 Å². The summed E-state index contributed by atoms with van der Waals surface area (Å²) < 4.78 is 53.2. The SMILES string of the molecule is O=c1c(N=Nc2ccc(F)cc2)c(C(F)(F)F)[nH]n1-c1ccccc1. The van der Waals surface area contributed by atoms with Gasteiger partial charge in [0.05, 0.1) is 11.4 Å². The van der Waals surface area contributed by atoms with Crippen LogP contribution in [0.15, 0.2) is 69.6 Å². The van der Waals surface area contributed by atoms with Crippen LogP contribution in [0.5, 0.6) is 0 Å². The van der Waals surface area contributed by atoms with Gasteiger partial charge in [-0.1, -0.05) is 18.2 Å². The van der Waals surface area contributed by atoms with E-state index in [4.69, 9.17) is 0 Å². The van der Waals surface area contributed by atoms with Gasteiger partial charge in [0.25, 0.3) is 5.56 Å². The Morgan fingerprint density at radius 3 is 2.16 bits per heavy atom. The Morgan fingerprint density at radius 2 is 1.56 bits per heavy atom. The van der Waals surface area contributed by atoms with Gasteiger partial charge >= 0.3 is 6.18 Å². The van der Waals surface area contributed by atoms with Crippen molar-refractivity contribution in [3.05, 3.63) is 76.5 Å². The van der Waals surface area contributed by atoms with E-state index in [-0.39, 0.29) is 11.4 Å². The number of hydrogen-bond donors (Lipinski definition) is 1. The maximum absolute atomic E-state index is 13.2. The molecule has 25 heavy (non-hydrogen) atoms. The lowest BCUT2D eigenvalue weighted by Crippen LogP contribution is -2.13. The zero-order valence-corrected chi connectivity index (χ0v) is 12.5. The summed E-state index contributed by atoms with van der Waals surface area (Å²) in [7, 11) is 0. The summed E-state index contributed by atoms with van der Waals surface area (Å²) >= 11 is 0. The predicted octanol–water partition coefficient (Wildman–Crippen LogP) is 4.74. The molecule has 2 aromatic carbocycles. The van der Waals surface area contributed by atoms with Crippen LogP contribution in [0.2, 0.25) is 0 Å².